The van der Waals surface area contributed by atoms with Crippen molar-refractivity contribution in [2.45, 2.75) is 18.7 Å². The number of H-pyrrole nitrogens is 1. The van der Waals surface area contributed by atoms with Gasteiger partial charge in [-0.15, -0.1) is 11.8 Å². The minimum absolute atomic E-state index is 0.153. The highest BCUT2D eigenvalue weighted by molar-refractivity contribution is 8.00. The summed E-state index contributed by atoms with van der Waals surface area (Å²) < 4.78 is 1.73. The van der Waals surface area contributed by atoms with E-state index >= 15 is 0 Å². The summed E-state index contributed by atoms with van der Waals surface area (Å²) in [5.74, 6) is 0.602. The molecule has 2 heterocycles. The molecule has 0 amide bonds. The van der Waals surface area contributed by atoms with Crippen LogP contribution in [0.4, 0.5) is 0 Å². The summed E-state index contributed by atoms with van der Waals surface area (Å²) in [5, 5.41) is 4.07. The predicted octanol–water partition coefficient (Wildman–Crippen LogP) is 2.34. The topological polar surface area (TPSA) is 50.7 Å². The Morgan fingerprint density at radius 2 is 2.29 bits per heavy atom. The molecule has 0 bridgehead atoms. The van der Waals surface area contributed by atoms with Crippen molar-refractivity contribution in [1.29, 1.82) is 0 Å². The van der Waals surface area contributed by atoms with Crippen LogP contribution in [-0.2, 0) is 7.05 Å². The van der Waals surface area contributed by atoms with Crippen LogP contribution in [0, 0.1) is 13.8 Å². The van der Waals surface area contributed by atoms with E-state index in [2.05, 4.69) is 10.1 Å². The molecular formula is C12H15N3OS. The van der Waals surface area contributed by atoms with Crippen LogP contribution in [0.15, 0.2) is 23.4 Å². The highest BCUT2D eigenvalue weighted by Crippen LogP contribution is 2.19. The number of carbonyl (C=O) groups is 1. The van der Waals surface area contributed by atoms with Gasteiger partial charge in [0.1, 0.15) is 0 Å². The summed E-state index contributed by atoms with van der Waals surface area (Å²) in [4.78, 5) is 16.2. The Labute approximate surface area is 104 Å². The highest BCUT2D eigenvalue weighted by Gasteiger charge is 2.12. The van der Waals surface area contributed by atoms with E-state index in [-0.39, 0.29) is 5.78 Å². The zero-order valence-electron chi connectivity index (χ0n) is 10.2. The summed E-state index contributed by atoms with van der Waals surface area (Å²) in [6.45, 7) is 3.88. The molecule has 2 rings (SSSR count). The second-order valence-corrected chi connectivity index (χ2v) is 5.10. The van der Waals surface area contributed by atoms with Crippen LogP contribution in [0.2, 0.25) is 0 Å². The molecule has 0 aromatic carbocycles. The van der Waals surface area contributed by atoms with E-state index in [1.54, 1.807) is 10.9 Å². The maximum Gasteiger partial charge on any atom is 0.174 e. The van der Waals surface area contributed by atoms with Gasteiger partial charge in [0, 0.05) is 35.1 Å². The van der Waals surface area contributed by atoms with Crippen LogP contribution in [0.5, 0.6) is 0 Å². The normalized spacial score (nSPS) is 10.8. The second kappa shape index (κ2) is 4.79. The van der Waals surface area contributed by atoms with Crippen molar-refractivity contribution in [2.75, 3.05) is 5.75 Å². The van der Waals surface area contributed by atoms with Gasteiger partial charge in [0.2, 0.25) is 0 Å². The number of nitrogens with one attached hydrogen (secondary N) is 1. The summed E-state index contributed by atoms with van der Waals surface area (Å²) in [6, 6.07) is 1.90. The summed E-state index contributed by atoms with van der Waals surface area (Å²) >= 11 is 1.52. The summed E-state index contributed by atoms with van der Waals surface area (Å²) in [5.41, 5.74) is 2.76. The van der Waals surface area contributed by atoms with Crippen molar-refractivity contribution in [1.82, 2.24) is 14.8 Å². The average molecular weight is 249 g/mol. The highest BCUT2D eigenvalue weighted by atomic mass is 32.2. The SMILES string of the molecule is Cc1cc(C(=O)CSc2cnn(C)c2)c(C)[nH]1. The number of carbonyl (C=O) groups excluding carboxylic acids is 1. The zero-order chi connectivity index (χ0) is 12.4. The van der Waals surface area contributed by atoms with E-state index in [9.17, 15) is 4.79 Å². The number of hydrogen-bond donors (Lipinski definition) is 1. The number of aromatic amines is 1. The van der Waals surface area contributed by atoms with E-state index in [1.807, 2.05) is 33.2 Å². The first-order chi connectivity index (χ1) is 8.06. The number of thioether (sulfide) groups is 1. The van der Waals surface area contributed by atoms with Gasteiger partial charge >= 0.3 is 0 Å². The fourth-order valence-electron chi connectivity index (χ4n) is 1.71. The lowest BCUT2D eigenvalue weighted by molar-refractivity contribution is 0.102. The lowest BCUT2D eigenvalue weighted by atomic mass is 10.2. The first-order valence-corrected chi connectivity index (χ1v) is 6.35. The molecule has 17 heavy (non-hydrogen) atoms. The molecule has 90 valence electrons. The molecular weight excluding hydrogens is 234 g/mol. The Morgan fingerprint density at radius 3 is 2.82 bits per heavy atom. The number of nitrogens with zero attached hydrogens (tertiary/aromatic N) is 2. The number of Topliss-reactive ketones (excluding diaryl/α,β-unsaturated/α-hetero) is 1. The number of hydrogen-bond acceptors (Lipinski definition) is 3. The molecule has 0 aliphatic carbocycles. The Hall–Kier alpha value is -1.49. The first-order valence-electron chi connectivity index (χ1n) is 5.37. The smallest absolute Gasteiger partial charge is 0.174 e. The maximum absolute atomic E-state index is 12.0. The number of aryl methyl sites for hydroxylation is 3. The monoisotopic (exact) mass is 249 g/mol. The molecule has 0 saturated heterocycles. The van der Waals surface area contributed by atoms with E-state index in [4.69, 9.17) is 0 Å². The van der Waals surface area contributed by atoms with E-state index in [0.717, 1.165) is 21.8 Å². The molecule has 2 aromatic rings. The van der Waals surface area contributed by atoms with Crippen LogP contribution in [0.1, 0.15) is 21.7 Å². The molecule has 0 aliphatic heterocycles. The van der Waals surface area contributed by atoms with Crippen LogP contribution in [0.25, 0.3) is 0 Å². The quantitative estimate of drug-likeness (QED) is 0.668. The largest absolute Gasteiger partial charge is 0.362 e. The van der Waals surface area contributed by atoms with Gasteiger partial charge in [-0.2, -0.15) is 5.10 Å². The van der Waals surface area contributed by atoms with Gasteiger partial charge in [0.15, 0.2) is 5.78 Å². The van der Waals surface area contributed by atoms with Crippen molar-refractivity contribution in [2.24, 2.45) is 7.05 Å². The van der Waals surface area contributed by atoms with Gasteiger partial charge in [-0.25, -0.2) is 0 Å². The van der Waals surface area contributed by atoms with Crippen molar-refractivity contribution in [3.63, 3.8) is 0 Å². The van der Waals surface area contributed by atoms with E-state index in [0.29, 0.717) is 5.75 Å². The molecule has 4 nitrogen and oxygen atoms in total. The predicted molar refractivity (Wildman–Crippen MR) is 68.5 cm³/mol. The molecule has 0 fully saturated rings. The Bertz CT molecular complexity index is 542. The van der Waals surface area contributed by atoms with Crippen molar-refractivity contribution in [3.05, 3.63) is 35.4 Å². The second-order valence-electron chi connectivity index (χ2n) is 4.05. The standard InChI is InChI=1S/C12H15N3OS/c1-8-4-11(9(2)14-8)12(16)7-17-10-5-13-15(3)6-10/h4-6,14H,7H2,1-3H3. The lowest BCUT2D eigenvalue weighted by Gasteiger charge is -1.98. The fraction of sp³-hybridized carbons (Fsp3) is 0.333. The number of ketones is 1. The van der Waals surface area contributed by atoms with Gasteiger partial charge in [0.05, 0.1) is 11.9 Å². The Morgan fingerprint density at radius 1 is 1.53 bits per heavy atom. The fourth-order valence-corrected chi connectivity index (χ4v) is 2.52. The zero-order valence-corrected chi connectivity index (χ0v) is 11.0. The minimum atomic E-state index is 0.153. The molecule has 1 N–H and O–H groups in total. The summed E-state index contributed by atoms with van der Waals surface area (Å²) in [6.07, 6.45) is 3.68. The Balaban J connectivity index is 2.00. The average Bonchev–Trinajstić information content (AvgIpc) is 2.81. The van der Waals surface area contributed by atoms with Gasteiger partial charge in [-0.1, -0.05) is 0 Å². The van der Waals surface area contributed by atoms with Crippen LogP contribution < -0.4 is 0 Å². The van der Waals surface area contributed by atoms with Crippen LogP contribution in [0.3, 0.4) is 0 Å². The number of rotatable bonds is 4. The summed E-state index contributed by atoms with van der Waals surface area (Å²) in [7, 11) is 1.87. The maximum atomic E-state index is 12.0. The molecule has 5 heteroatoms. The lowest BCUT2D eigenvalue weighted by Crippen LogP contribution is -2.02. The molecule has 0 spiro atoms. The van der Waals surface area contributed by atoms with Crippen LogP contribution >= 0.6 is 11.8 Å². The molecule has 0 atom stereocenters. The molecule has 0 radical (unpaired) electrons. The molecule has 0 unspecified atom stereocenters. The van der Waals surface area contributed by atoms with Crippen LogP contribution in [-0.4, -0.2) is 26.3 Å². The van der Waals surface area contributed by atoms with Gasteiger partial charge < -0.3 is 4.98 Å². The molecule has 0 aliphatic rings. The van der Waals surface area contributed by atoms with E-state index in [1.165, 1.54) is 11.8 Å². The van der Waals surface area contributed by atoms with Crippen molar-refractivity contribution in [3.8, 4) is 0 Å². The third kappa shape index (κ3) is 2.79. The number of aromatic nitrogens is 3. The molecule has 0 saturated carbocycles. The Kier molecular flexibility index (Phi) is 3.38. The molecule has 2 aromatic heterocycles. The van der Waals surface area contributed by atoms with Crippen molar-refractivity contribution >= 4 is 17.5 Å². The van der Waals surface area contributed by atoms with Gasteiger partial charge in [0.25, 0.3) is 0 Å². The van der Waals surface area contributed by atoms with Crippen molar-refractivity contribution < 1.29 is 4.79 Å². The third-order valence-electron chi connectivity index (χ3n) is 2.50. The minimum Gasteiger partial charge on any atom is -0.362 e. The van der Waals surface area contributed by atoms with E-state index < -0.39 is 0 Å². The first kappa shape index (κ1) is 12.0. The van der Waals surface area contributed by atoms with Gasteiger partial charge in [-0.05, 0) is 19.9 Å². The van der Waals surface area contributed by atoms with Gasteiger partial charge in [-0.3, -0.25) is 9.48 Å². The third-order valence-corrected chi connectivity index (χ3v) is 3.45.